The third kappa shape index (κ3) is 1.82. The van der Waals surface area contributed by atoms with Crippen molar-refractivity contribution in [1.82, 2.24) is 4.98 Å². The van der Waals surface area contributed by atoms with E-state index < -0.39 is 36.5 Å². The van der Waals surface area contributed by atoms with Crippen LogP contribution >= 0.6 is 0 Å². The van der Waals surface area contributed by atoms with E-state index in [0.29, 0.717) is 0 Å². The Morgan fingerprint density at radius 1 is 1.56 bits per heavy atom. The zero-order valence-electron chi connectivity index (χ0n) is 9.48. The summed E-state index contributed by atoms with van der Waals surface area (Å²) < 4.78 is 11.1. The molecule has 0 spiro atoms. The van der Waals surface area contributed by atoms with Crippen LogP contribution in [0.3, 0.4) is 0 Å². The summed E-state index contributed by atoms with van der Waals surface area (Å²) >= 11 is 0. The summed E-state index contributed by atoms with van der Waals surface area (Å²) in [5.41, 5.74) is 4.80. The number of nitrogens with zero attached hydrogens (tertiary/aromatic N) is 1. The van der Waals surface area contributed by atoms with Gasteiger partial charge in [0.05, 0.1) is 0 Å². The first-order valence-electron chi connectivity index (χ1n) is 5.13. The second kappa shape index (κ2) is 4.53. The Hall–Kier alpha value is -1.68. The molecule has 6 N–H and O–H groups in total. The summed E-state index contributed by atoms with van der Waals surface area (Å²) in [6, 6.07) is 0. The summed E-state index contributed by atoms with van der Waals surface area (Å²) in [5, 5.41) is 29.1. The summed E-state index contributed by atoms with van der Waals surface area (Å²) in [6.45, 7) is 0. The Kier molecular flexibility index (Phi) is 3.22. The van der Waals surface area contributed by atoms with Gasteiger partial charge in [0.2, 0.25) is 12.6 Å². The molecule has 1 aromatic heterocycles. The van der Waals surface area contributed by atoms with Crippen LogP contribution in [0.25, 0.3) is 0 Å². The van der Waals surface area contributed by atoms with Crippen LogP contribution in [0.1, 0.15) is 16.7 Å². The van der Waals surface area contributed by atoms with Gasteiger partial charge in [-0.3, -0.25) is 4.79 Å². The largest absolute Gasteiger partial charge is 0.474 e. The van der Waals surface area contributed by atoms with Crippen molar-refractivity contribution in [3.63, 3.8) is 0 Å². The minimum Gasteiger partial charge on any atom is -0.474 e. The third-order valence-corrected chi connectivity index (χ3v) is 2.76. The quantitative estimate of drug-likeness (QED) is 0.375. The van der Waals surface area contributed by atoms with Gasteiger partial charge in [-0.05, 0) is 0 Å². The number of imidazole rings is 1. The van der Waals surface area contributed by atoms with Crippen LogP contribution in [0.5, 0.6) is 5.88 Å². The molecular weight excluding hydrogens is 246 g/mol. The minimum absolute atomic E-state index is 0.221. The number of amides is 1. The van der Waals surface area contributed by atoms with Crippen molar-refractivity contribution in [1.29, 1.82) is 0 Å². The summed E-state index contributed by atoms with van der Waals surface area (Å²) in [4.78, 5) is 13.4. The van der Waals surface area contributed by atoms with Crippen molar-refractivity contribution in [2.24, 2.45) is 5.73 Å². The number of aromatic amines is 1. The monoisotopic (exact) mass is 260 g/mol. The predicted molar refractivity (Wildman–Crippen MR) is 54.1 cm³/mol. The van der Waals surface area contributed by atoms with Crippen molar-refractivity contribution in [2.45, 2.75) is 24.7 Å². The lowest BCUT2D eigenvalue weighted by molar-refractivity contribution is -0.769. The summed E-state index contributed by atoms with van der Waals surface area (Å²) in [5.74, 6) is -1.35. The maximum absolute atomic E-state index is 11.0. The molecule has 0 bridgehead atoms. The van der Waals surface area contributed by atoms with Crippen LogP contribution in [0.15, 0.2) is 6.33 Å². The number of H-pyrrole nitrogens is 1. The van der Waals surface area contributed by atoms with Crippen LogP contribution in [-0.2, 0) is 9.47 Å². The number of aromatic nitrogens is 2. The molecule has 1 fully saturated rings. The highest BCUT2D eigenvalue weighted by Gasteiger charge is 2.48. The molecule has 0 aliphatic carbocycles. The SMILES string of the molecule is CO[C@H]1O[C@@H]([n+]2c[nH]c(C(N)=O)c2O)[C@H](O)[C@@H]1O. The molecule has 1 aromatic rings. The number of nitrogens with two attached hydrogens (primary N) is 1. The fraction of sp³-hybridized carbons (Fsp3) is 0.556. The number of ether oxygens (including phenoxy) is 2. The topological polar surface area (TPSA) is 142 Å². The second-order valence-corrected chi connectivity index (χ2v) is 3.86. The standard InChI is InChI=1S/C9H13N3O6/c1-17-9-5(14)4(13)8(18-9)12-2-11-3(6(10)15)7(12)16/h2,4-5,8-9,13-14H,1H3,(H3,10,15,16)/p+1/t4-,5+,8-,9+/m1/s1. The number of aromatic hydroxyl groups is 1. The summed E-state index contributed by atoms with van der Waals surface area (Å²) in [7, 11) is 1.31. The van der Waals surface area contributed by atoms with Gasteiger partial charge in [0, 0.05) is 7.11 Å². The van der Waals surface area contributed by atoms with Gasteiger partial charge in [0.1, 0.15) is 6.10 Å². The number of carbonyl (C=O) groups excluding carboxylic acids is 1. The average Bonchev–Trinajstić information content (AvgIpc) is 2.82. The van der Waals surface area contributed by atoms with Crippen LogP contribution in [0, 0.1) is 0 Å². The van der Waals surface area contributed by atoms with E-state index in [0.717, 1.165) is 4.57 Å². The number of carbonyl (C=O) groups is 1. The highest BCUT2D eigenvalue weighted by Crippen LogP contribution is 2.27. The molecule has 9 nitrogen and oxygen atoms in total. The first-order valence-corrected chi connectivity index (χ1v) is 5.13. The van der Waals surface area contributed by atoms with Gasteiger partial charge in [-0.2, -0.15) is 4.57 Å². The van der Waals surface area contributed by atoms with Gasteiger partial charge in [0.15, 0.2) is 12.4 Å². The Bertz CT molecular complexity index is 461. The van der Waals surface area contributed by atoms with Gasteiger partial charge in [-0.15, -0.1) is 0 Å². The fourth-order valence-electron chi connectivity index (χ4n) is 1.82. The van der Waals surface area contributed by atoms with Crippen molar-refractivity contribution in [2.75, 3.05) is 7.11 Å². The van der Waals surface area contributed by atoms with E-state index in [1.165, 1.54) is 13.4 Å². The molecular formula is C9H14N3O6+. The molecule has 0 radical (unpaired) electrons. The van der Waals surface area contributed by atoms with Crippen molar-refractivity contribution < 1.29 is 34.2 Å². The number of hydrogen-bond donors (Lipinski definition) is 5. The maximum atomic E-state index is 11.0. The molecule has 2 heterocycles. The molecule has 0 saturated carbocycles. The van der Waals surface area contributed by atoms with E-state index in [1.807, 2.05) is 0 Å². The van der Waals surface area contributed by atoms with Gasteiger partial charge in [0.25, 0.3) is 11.6 Å². The molecule has 1 aliphatic rings. The van der Waals surface area contributed by atoms with Crippen molar-refractivity contribution >= 4 is 5.91 Å². The van der Waals surface area contributed by atoms with Gasteiger partial charge < -0.3 is 30.5 Å². The first kappa shape index (κ1) is 12.8. The Morgan fingerprint density at radius 2 is 2.22 bits per heavy atom. The molecule has 2 rings (SSSR count). The number of hydrogen-bond acceptors (Lipinski definition) is 6. The van der Waals surface area contributed by atoms with Crippen LogP contribution in [0.2, 0.25) is 0 Å². The van der Waals surface area contributed by atoms with E-state index in [1.54, 1.807) is 0 Å². The zero-order valence-corrected chi connectivity index (χ0v) is 9.48. The maximum Gasteiger partial charge on any atom is 0.338 e. The van der Waals surface area contributed by atoms with Gasteiger partial charge in [-0.1, -0.05) is 0 Å². The molecule has 1 amide bonds. The molecule has 1 aliphatic heterocycles. The Morgan fingerprint density at radius 3 is 2.67 bits per heavy atom. The fourth-order valence-corrected chi connectivity index (χ4v) is 1.82. The molecule has 0 unspecified atom stereocenters. The van der Waals surface area contributed by atoms with Crippen molar-refractivity contribution in [3.8, 4) is 5.88 Å². The number of nitrogens with one attached hydrogen (secondary N) is 1. The average molecular weight is 260 g/mol. The van der Waals surface area contributed by atoms with E-state index in [-0.39, 0.29) is 5.69 Å². The number of aliphatic hydroxyl groups excluding tert-OH is 2. The number of primary amides is 1. The Labute approximate surface area is 101 Å². The van der Waals surface area contributed by atoms with E-state index in [4.69, 9.17) is 15.2 Å². The number of methoxy groups -OCH3 is 1. The third-order valence-electron chi connectivity index (χ3n) is 2.76. The zero-order chi connectivity index (χ0) is 13.4. The lowest BCUT2D eigenvalue weighted by atomic mass is 10.2. The lowest BCUT2D eigenvalue weighted by Gasteiger charge is -2.10. The molecule has 0 aromatic carbocycles. The lowest BCUT2D eigenvalue weighted by Crippen LogP contribution is -2.45. The Balaban J connectivity index is 2.30. The summed E-state index contributed by atoms with van der Waals surface area (Å²) in [6.07, 6.45) is -3.49. The number of rotatable bonds is 3. The van der Waals surface area contributed by atoms with E-state index in [9.17, 15) is 20.1 Å². The van der Waals surface area contributed by atoms with Crippen LogP contribution in [-0.4, -0.2) is 51.8 Å². The first-order chi connectivity index (χ1) is 8.47. The van der Waals surface area contributed by atoms with Crippen LogP contribution in [0.4, 0.5) is 0 Å². The number of aliphatic hydroxyl groups is 2. The molecule has 4 atom stereocenters. The smallest absolute Gasteiger partial charge is 0.338 e. The minimum atomic E-state index is -1.32. The predicted octanol–water partition coefficient (Wildman–Crippen LogP) is -2.67. The molecule has 9 heteroatoms. The van der Waals surface area contributed by atoms with Crippen LogP contribution < -0.4 is 10.3 Å². The van der Waals surface area contributed by atoms with E-state index in [2.05, 4.69) is 4.98 Å². The highest BCUT2D eigenvalue weighted by molar-refractivity contribution is 5.92. The second-order valence-electron chi connectivity index (χ2n) is 3.86. The normalized spacial score (nSPS) is 31.7. The molecule has 1 saturated heterocycles. The van der Waals surface area contributed by atoms with Gasteiger partial charge >= 0.3 is 5.88 Å². The van der Waals surface area contributed by atoms with Crippen molar-refractivity contribution in [3.05, 3.63) is 12.0 Å². The highest BCUT2D eigenvalue weighted by atomic mass is 16.7. The van der Waals surface area contributed by atoms with E-state index >= 15 is 0 Å². The molecule has 18 heavy (non-hydrogen) atoms. The van der Waals surface area contributed by atoms with Gasteiger partial charge in [-0.25, -0.2) is 4.98 Å². The molecule has 100 valence electrons.